The summed E-state index contributed by atoms with van der Waals surface area (Å²) in [5, 5.41) is 13.1. The molecule has 2 aliphatic carbocycles. The molecule has 0 spiro atoms. The van der Waals surface area contributed by atoms with E-state index in [9.17, 15) is 14.9 Å². The van der Waals surface area contributed by atoms with Crippen LogP contribution >= 0.6 is 11.3 Å². The Morgan fingerprint density at radius 3 is 2.83 bits per heavy atom. The van der Waals surface area contributed by atoms with Gasteiger partial charge in [-0.05, 0) is 44.1 Å². The fourth-order valence-corrected chi connectivity index (χ4v) is 4.88. The van der Waals surface area contributed by atoms with Crippen LogP contribution in [0.2, 0.25) is 0 Å². The molecule has 1 N–H and O–H groups in total. The number of aryl methyl sites for hydroxylation is 1. The molecule has 1 atom stereocenters. The number of likely N-dealkylation sites (tertiary alicyclic amines) is 1. The Morgan fingerprint density at radius 2 is 2.09 bits per heavy atom. The van der Waals surface area contributed by atoms with Gasteiger partial charge in [-0.25, -0.2) is 0 Å². The van der Waals surface area contributed by atoms with Gasteiger partial charge in [0.15, 0.2) is 0 Å². The minimum absolute atomic E-state index is 0.0960. The van der Waals surface area contributed by atoms with Crippen LogP contribution in [0.1, 0.15) is 48.1 Å². The zero-order valence-electron chi connectivity index (χ0n) is 12.9. The molecule has 1 aromatic rings. The lowest BCUT2D eigenvalue weighted by Crippen LogP contribution is -2.29. The van der Waals surface area contributed by atoms with Crippen molar-refractivity contribution in [3.8, 4) is 6.07 Å². The third kappa shape index (κ3) is 2.63. The molecule has 6 heteroatoms. The molecule has 2 fully saturated rings. The van der Waals surface area contributed by atoms with E-state index >= 15 is 0 Å². The molecule has 4 rings (SSSR count). The van der Waals surface area contributed by atoms with Crippen molar-refractivity contribution >= 4 is 28.2 Å². The van der Waals surface area contributed by atoms with Crippen molar-refractivity contribution < 1.29 is 9.59 Å². The summed E-state index contributed by atoms with van der Waals surface area (Å²) in [4.78, 5) is 27.6. The summed E-state index contributed by atoms with van der Waals surface area (Å²) in [5.74, 6) is -0.302. The van der Waals surface area contributed by atoms with Crippen LogP contribution < -0.4 is 5.32 Å². The first-order valence-electron chi connectivity index (χ1n) is 8.32. The van der Waals surface area contributed by atoms with Crippen LogP contribution in [0, 0.1) is 17.2 Å². The number of carbonyl (C=O) groups is 2. The molecule has 1 aliphatic heterocycles. The highest BCUT2D eigenvalue weighted by atomic mass is 32.1. The summed E-state index contributed by atoms with van der Waals surface area (Å²) in [5.41, 5.74) is 1.77. The second-order valence-electron chi connectivity index (χ2n) is 6.69. The number of anilines is 1. The van der Waals surface area contributed by atoms with Gasteiger partial charge in [-0.3, -0.25) is 9.59 Å². The van der Waals surface area contributed by atoms with Crippen LogP contribution in [0.4, 0.5) is 5.00 Å². The van der Waals surface area contributed by atoms with Gasteiger partial charge in [-0.2, -0.15) is 5.26 Å². The van der Waals surface area contributed by atoms with Gasteiger partial charge in [0.05, 0.1) is 11.5 Å². The summed E-state index contributed by atoms with van der Waals surface area (Å²) < 4.78 is 0. The van der Waals surface area contributed by atoms with E-state index in [4.69, 9.17) is 0 Å². The maximum Gasteiger partial charge on any atom is 0.230 e. The Balaban J connectivity index is 1.50. The molecule has 2 heterocycles. The highest BCUT2D eigenvalue weighted by Crippen LogP contribution is 2.38. The second kappa shape index (κ2) is 5.64. The summed E-state index contributed by atoms with van der Waals surface area (Å²) in [6.45, 7) is 0.530. The zero-order chi connectivity index (χ0) is 16.0. The van der Waals surface area contributed by atoms with Gasteiger partial charge in [0.25, 0.3) is 0 Å². The van der Waals surface area contributed by atoms with Crippen LogP contribution in [0.15, 0.2) is 0 Å². The molecule has 0 aromatic carbocycles. The maximum atomic E-state index is 12.5. The standard InChI is InChI=1S/C17H19N3O2S/c18-8-13-12-3-1-2-4-14(12)23-17(13)19-16(22)10-7-15(21)20(9-10)11-5-6-11/h10-11H,1-7,9H2,(H,19,22)/t10-/m1/s1. The van der Waals surface area contributed by atoms with Crippen molar-refractivity contribution in [2.24, 2.45) is 5.92 Å². The van der Waals surface area contributed by atoms with Crippen molar-refractivity contribution in [1.82, 2.24) is 4.90 Å². The number of rotatable bonds is 3. The molecule has 3 aliphatic rings. The molecule has 1 aromatic heterocycles. The van der Waals surface area contributed by atoms with Gasteiger partial charge >= 0.3 is 0 Å². The van der Waals surface area contributed by atoms with Gasteiger partial charge in [-0.15, -0.1) is 11.3 Å². The molecular weight excluding hydrogens is 310 g/mol. The fraction of sp³-hybridized carbons (Fsp3) is 0.588. The topological polar surface area (TPSA) is 73.2 Å². The zero-order valence-corrected chi connectivity index (χ0v) is 13.7. The first kappa shape index (κ1) is 14.7. The van der Waals surface area contributed by atoms with Crippen LogP contribution in [0.5, 0.6) is 0 Å². The van der Waals surface area contributed by atoms with E-state index < -0.39 is 0 Å². The number of thiophene rings is 1. The predicted molar refractivity (Wildman–Crippen MR) is 87.1 cm³/mol. The molecular formula is C17H19N3O2S. The Morgan fingerprint density at radius 1 is 1.30 bits per heavy atom. The number of hydrogen-bond donors (Lipinski definition) is 1. The Kier molecular flexibility index (Phi) is 3.61. The lowest BCUT2D eigenvalue weighted by atomic mass is 9.96. The SMILES string of the molecule is N#Cc1c(NC(=O)[C@@H]2CC(=O)N(C3CC3)C2)sc2c1CCCC2. The number of nitriles is 1. The average Bonchev–Trinajstić information content (AvgIpc) is 3.22. The number of hydrogen-bond acceptors (Lipinski definition) is 4. The summed E-state index contributed by atoms with van der Waals surface area (Å²) >= 11 is 1.54. The minimum Gasteiger partial charge on any atom is -0.339 e. The quantitative estimate of drug-likeness (QED) is 0.926. The van der Waals surface area contributed by atoms with Crippen LogP contribution in [-0.4, -0.2) is 29.3 Å². The van der Waals surface area contributed by atoms with Gasteiger partial charge < -0.3 is 10.2 Å². The van der Waals surface area contributed by atoms with Crippen molar-refractivity contribution in [3.63, 3.8) is 0 Å². The molecule has 0 bridgehead atoms. The highest BCUT2D eigenvalue weighted by Gasteiger charge is 2.42. The van der Waals surface area contributed by atoms with Crippen LogP contribution in [0.25, 0.3) is 0 Å². The Hall–Kier alpha value is -1.87. The highest BCUT2D eigenvalue weighted by molar-refractivity contribution is 7.16. The van der Waals surface area contributed by atoms with Crippen molar-refractivity contribution in [2.75, 3.05) is 11.9 Å². The van der Waals surface area contributed by atoms with E-state index in [1.807, 2.05) is 4.90 Å². The van der Waals surface area contributed by atoms with Crippen LogP contribution in [-0.2, 0) is 22.4 Å². The maximum absolute atomic E-state index is 12.5. The third-order valence-electron chi connectivity index (χ3n) is 5.04. The summed E-state index contributed by atoms with van der Waals surface area (Å²) in [6, 6.07) is 2.63. The normalized spacial score (nSPS) is 23.5. The first-order chi connectivity index (χ1) is 11.2. The summed E-state index contributed by atoms with van der Waals surface area (Å²) in [6.07, 6.45) is 6.63. The monoisotopic (exact) mass is 329 g/mol. The van der Waals surface area contributed by atoms with Gasteiger partial charge in [-0.1, -0.05) is 0 Å². The van der Waals surface area contributed by atoms with Gasteiger partial charge in [0.1, 0.15) is 11.1 Å². The largest absolute Gasteiger partial charge is 0.339 e. The van der Waals surface area contributed by atoms with E-state index in [1.165, 1.54) is 4.88 Å². The second-order valence-corrected chi connectivity index (χ2v) is 7.80. The van der Waals surface area contributed by atoms with Crippen molar-refractivity contribution in [1.29, 1.82) is 5.26 Å². The number of nitrogens with zero attached hydrogens (tertiary/aromatic N) is 2. The fourth-order valence-electron chi connectivity index (χ4n) is 3.63. The lowest BCUT2D eigenvalue weighted by molar-refractivity contribution is -0.128. The van der Waals surface area contributed by atoms with E-state index in [0.717, 1.165) is 44.1 Å². The molecule has 5 nitrogen and oxygen atoms in total. The molecule has 120 valence electrons. The average molecular weight is 329 g/mol. The molecule has 1 saturated heterocycles. The molecule has 0 unspecified atom stereocenters. The lowest BCUT2D eigenvalue weighted by Gasteiger charge is -2.15. The van der Waals surface area contributed by atoms with E-state index in [2.05, 4.69) is 11.4 Å². The smallest absolute Gasteiger partial charge is 0.230 e. The molecule has 23 heavy (non-hydrogen) atoms. The predicted octanol–water partition coefficient (Wildman–Crippen LogP) is 2.45. The Bertz CT molecular complexity index is 714. The number of carbonyl (C=O) groups excluding carboxylic acids is 2. The summed E-state index contributed by atoms with van der Waals surface area (Å²) in [7, 11) is 0. The van der Waals surface area contributed by atoms with E-state index in [0.29, 0.717) is 29.6 Å². The van der Waals surface area contributed by atoms with Crippen molar-refractivity contribution in [3.05, 3.63) is 16.0 Å². The number of nitrogens with one attached hydrogen (secondary N) is 1. The number of amides is 2. The third-order valence-corrected chi connectivity index (χ3v) is 6.24. The first-order valence-corrected chi connectivity index (χ1v) is 9.14. The van der Waals surface area contributed by atoms with E-state index in [-0.39, 0.29) is 17.7 Å². The van der Waals surface area contributed by atoms with Crippen molar-refractivity contribution in [2.45, 2.75) is 51.0 Å². The van der Waals surface area contributed by atoms with Gasteiger partial charge in [0, 0.05) is 23.9 Å². The van der Waals surface area contributed by atoms with Crippen LogP contribution in [0.3, 0.4) is 0 Å². The minimum atomic E-state index is -0.284. The number of fused-ring (bicyclic) bond motifs is 1. The Labute approximate surface area is 139 Å². The van der Waals surface area contributed by atoms with E-state index in [1.54, 1.807) is 11.3 Å². The molecule has 0 radical (unpaired) electrons. The van der Waals surface area contributed by atoms with Gasteiger partial charge in [0.2, 0.25) is 11.8 Å². The molecule has 2 amide bonds. The molecule has 1 saturated carbocycles.